The Balaban J connectivity index is 0.910. The van der Waals surface area contributed by atoms with Gasteiger partial charge in [0.25, 0.3) is 0 Å². The zero-order valence-corrected chi connectivity index (χ0v) is 66.1. The fourth-order valence-electron chi connectivity index (χ4n) is 11.7. The summed E-state index contributed by atoms with van der Waals surface area (Å²) in [6.07, 6.45) is 13.0. The van der Waals surface area contributed by atoms with Crippen molar-refractivity contribution in [3.05, 3.63) is 104 Å². The topological polar surface area (TPSA) is 485 Å². The number of amides is 3. The summed E-state index contributed by atoms with van der Waals surface area (Å²) in [4.78, 5) is 179. The molecule has 0 saturated heterocycles. The summed E-state index contributed by atoms with van der Waals surface area (Å²) in [6.45, 7) is 1.91. The van der Waals surface area contributed by atoms with Crippen molar-refractivity contribution < 1.29 is 130 Å². The van der Waals surface area contributed by atoms with Crippen molar-refractivity contribution in [1.29, 1.82) is 0 Å². The molecule has 2 aliphatic heterocycles. The molecule has 1 aromatic heterocycles. The van der Waals surface area contributed by atoms with Crippen LogP contribution in [0.15, 0.2) is 98.1 Å². The van der Waals surface area contributed by atoms with Gasteiger partial charge in [0, 0.05) is 138 Å². The lowest BCUT2D eigenvalue weighted by atomic mass is 9.94. The Morgan fingerprint density at radius 3 is 1.57 bits per heavy atom. The first-order valence-corrected chi connectivity index (χ1v) is 39.6. The summed E-state index contributed by atoms with van der Waals surface area (Å²) in [7, 11) is -0.735. The molecule has 0 fully saturated rings. The average Bonchev–Trinajstić information content (AvgIpc) is 1.67. The molecule has 5 rings (SSSR count). The van der Waals surface area contributed by atoms with Crippen LogP contribution in [0.3, 0.4) is 0 Å². The van der Waals surface area contributed by atoms with E-state index in [2.05, 4.69) is 20.9 Å². The van der Waals surface area contributed by atoms with E-state index in [4.69, 9.17) is 42.8 Å². The van der Waals surface area contributed by atoms with Gasteiger partial charge in [0.05, 0.1) is 110 Å². The Kier molecular flexibility index (Phi) is 43.6. The highest BCUT2D eigenvalue weighted by Gasteiger charge is 2.33. The van der Waals surface area contributed by atoms with E-state index >= 15 is 0 Å². The van der Waals surface area contributed by atoms with Gasteiger partial charge in [-0.25, -0.2) is 9.48 Å². The number of anilines is 1. The van der Waals surface area contributed by atoms with E-state index in [1.54, 1.807) is 39.3 Å². The Bertz CT molecular complexity index is 3840. The molecule has 0 spiro atoms. The number of ketones is 3. The number of nitrogens with one attached hydrogen (secondary N) is 2. The quantitative estimate of drug-likeness (QED) is 0.0155. The molecule has 632 valence electrons. The molecule has 0 bridgehead atoms. The van der Waals surface area contributed by atoms with Crippen LogP contribution in [0.2, 0.25) is 0 Å². The van der Waals surface area contributed by atoms with Crippen LogP contribution >= 0.6 is 7.60 Å². The maximum absolute atomic E-state index is 14.2. The van der Waals surface area contributed by atoms with Crippen LogP contribution in [0.5, 0.6) is 0 Å². The van der Waals surface area contributed by atoms with Gasteiger partial charge in [0.2, 0.25) is 17.7 Å². The number of hydrogen-bond donors (Lipinski definition) is 7. The molecule has 0 saturated carbocycles. The molecule has 2 aromatic carbocycles. The van der Waals surface area contributed by atoms with E-state index in [1.807, 2.05) is 48.5 Å². The Morgan fingerprint density at radius 2 is 1.01 bits per heavy atom. The van der Waals surface area contributed by atoms with E-state index in [0.29, 0.717) is 101 Å². The zero-order chi connectivity index (χ0) is 83.9. The number of methoxy groups -OCH3 is 3. The number of unbranched alkanes of at least 4 members (excludes halogenated alkanes) is 3. The standard InChI is InChI=1S/C77H107N10O27P/c1-107-70(96)52-83-34-32-82(33-35-84(53-71(97)108-2)37-39-85(38-36-83)54-72(98)109-3)51-67(92)78-30-14-31-87-74-62-19-9-8-15-57(62)50-86(65-21-11-10-20-63(65)73(74)80-81-87)68(93)27-25-59(88)18-13-40-110-43-45-112-47-48-113-46-44-111-42-29-60(89)17-6-4-5-7-22-66(91)79-64(77(103)104)26-24-61(90)49-56(75(99)100)16-12-41-114-115(105,106)55-58(76(101)102)23-28-69(94)95/h8-11,15,19-21,32-39,56,58,64H,4-7,12-14,16-18,22-31,40-55H2,1-3H3,(H,78,92)(H,79,91)(H,94,95)(H,99,100)(H,101,102)(H,103,104)(H,105,106)/b34-32-,35-33-,38-36-,39-37?/t56-,58?,64-/m1/s1. The molecule has 3 heterocycles. The summed E-state index contributed by atoms with van der Waals surface area (Å²) in [5, 5.41) is 51.9. The highest BCUT2D eigenvalue weighted by atomic mass is 31.2. The maximum Gasteiger partial charge on any atom is 0.328 e. The number of ether oxygens (including phenoxy) is 7. The van der Waals surface area contributed by atoms with Crippen LogP contribution in [0.25, 0.3) is 22.5 Å². The number of aryl methyl sites for hydroxylation is 1. The first-order chi connectivity index (χ1) is 55.2. The number of esters is 3. The number of benzene rings is 2. The van der Waals surface area contributed by atoms with Gasteiger partial charge in [-0.15, -0.1) is 5.10 Å². The van der Waals surface area contributed by atoms with Crippen LogP contribution < -0.4 is 15.5 Å². The van der Waals surface area contributed by atoms with Gasteiger partial charge >= 0.3 is 49.4 Å². The number of aliphatic carboxylic acids is 4. The fourth-order valence-corrected chi connectivity index (χ4v) is 13.1. The number of Topliss-reactive ketones (excluding diaryl/α,β-unsaturated/α-hetero) is 3. The Labute approximate surface area is 666 Å². The maximum atomic E-state index is 14.2. The molecule has 37 nitrogen and oxygen atoms in total. The molecule has 3 aromatic rings. The average molecular weight is 1640 g/mol. The van der Waals surface area contributed by atoms with Crippen molar-refractivity contribution in [3.63, 3.8) is 0 Å². The largest absolute Gasteiger partial charge is 0.481 e. The number of aromatic nitrogens is 3. The number of para-hydroxylation sites is 1. The van der Waals surface area contributed by atoms with Crippen molar-refractivity contribution in [3.8, 4) is 22.5 Å². The minimum atomic E-state index is -4.49. The van der Waals surface area contributed by atoms with Crippen molar-refractivity contribution in [2.75, 3.05) is 125 Å². The van der Waals surface area contributed by atoms with Gasteiger partial charge in [0.1, 0.15) is 55.3 Å². The van der Waals surface area contributed by atoms with Crippen molar-refractivity contribution in [2.24, 2.45) is 11.8 Å². The second kappa shape index (κ2) is 52.8. The van der Waals surface area contributed by atoms with Crippen LogP contribution in [0.4, 0.5) is 5.69 Å². The van der Waals surface area contributed by atoms with E-state index < -0.39 is 111 Å². The Hall–Kier alpha value is -10.6. The van der Waals surface area contributed by atoms with Gasteiger partial charge < -0.3 is 98.1 Å². The lowest BCUT2D eigenvalue weighted by Crippen LogP contribution is -2.41. The summed E-state index contributed by atoms with van der Waals surface area (Å²) in [5.41, 5.74) is 4.22. The fraction of sp³-hybridized carbons (Fsp3) is 0.545. The van der Waals surface area contributed by atoms with Gasteiger partial charge in [-0.3, -0.25) is 62.1 Å². The highest BCUT2D eigenvalue weighted by Crippen LogP contribution is 2.45. The second-order valence-corrected chi connectivity index (χ2v) is 28.7. The van der Waals surface area contributed by atoms with Crippen LogP contribution in [0, 0.1) is 11.8 Å². The molecule has 7 N–H and O–H groups in total. The number of nitrogens with zero attached hydrogens (tertiary/aromatic N) is 8. The van der Waals surface area contributed by atoms with Crippen molar-refractivity contribution in [2.45, 2.75) is 141 Å². The minimum Gasteiger partial charge on any atom is -0.481 e. The predicted molar refractivity (Wildman–Crippen MR) is 411 cm³/mol. The van der Waals surface area contributed by atoms with Crippen molar-refractivity contribution in [1.82, 2.24) is 45.2 Å². The van der Waals surface area contributed by atoms with Crippen LogP contribution in [-0.2, 0) is 118 Å². The smallest absolute Gasteiger partial charge is 0.328 e. The summed E-state index contributed by atoms with van der Waals surface area (Å²) in [6, 6.07) is 13.7. The molecular weight excluding hydrogens is 1530 g/mol. The molecule has 2 unspecified atom stereocenters. The van der Waals surface area contributed by atoms with Gasteiger partial charge in [-0.1, -0.05) is 60.5 Å². The Morgan fingerprint density at radius 1 is 0.487 bits per heavy atom. The highest BCUT2D eigenvalue weighted by molar-refractivity contribution is 7.52. The number of carbonyl (C=O) groups excluding carboxylic acids is 9. The lowest BCUT2D eigenvalue weighted by Gasteiger charge is -2.28. The summed E-state index contributed by atoms with van der Waals surface area (Å²) in [5.74, 6) is -11.7. The van der Waals surface area contributed by atoms with Crippen LogP contribution in [-0.4, -0.2) is 262 Å². The zero-order valence-electron chi connectivity index (χ0n) is 65.2. The van der Waals surface area contributed by atoms with E-state index in [0.717, 1.165) is 16.8 Å². The molecule has 4 atom stereocenters. The van der Waals surface area contributed by atoms with E-state index in [1.165, 1.54) is 60.8 Å². The van der Waals surface area contributed by atoms with Gasteiger partial charge in [-0.05, 0) is 63.0 Å². The first-order valence-electron chi connectivity index (χ1n) is 37.9. The molecule has 38 heteroatoms. The lowest BCUT2D eigenvalue weighted by molar-refractivity contribution is -0.145. The molecule has 2 aliphatic rings. The normalized spacial score (nSPS) is 14.7. The number of hydrogen-bond acceptors (Lipinski definition) is 28. The first kappa shape index (κ1) is 95.0. The summed E-state index contributed by atoms with van der Waals surface area (Å²) >= 11 is 0. The molecule has 0 radical (unpaired) electrons. The van der Waals surface area contributed by atoms with Crippen molar-refractivity contribution >= 4 is 90.1 Å². The number of fused-ring (bicyclic) bond motifs is 5. The predicted octanol–water partition coefficient (Wildman–Crippen LogP) is 5.64. The number of carboxylic acid groups (broad SMARTS) is 4. The van der Waals surface area contributed by atoms with E-state index in [9.17, 15) is 87.1 Å². The summed E-state index contributed by atoms with van der Waals surface area (Å²) < 4.78 is 56.0. The second-order valence-electron chi connectivity index (χ2n) is 26.8. The van der Waals surface area contributed by atoms with E-state index in [-0.39, 0.29) is 140 Å². The molecule has 3 amide bonds. The number of carboxylic acids is 4. The number of rotatable bonds is 57. The van der Waals surface area contributed by atoms with Crippen LogP contribution in [0.1, 0.15) is 128 Å². The van der Waals surface area contributed by atoms with Gasteiger partial charge in [0.15, 0.2) is 0 Å². The molecular formula is C77H107N10O27P. The SMILES string of the molecule is COC(=O)CN1C=CN(CC(=O)OC)/C=C\N(CC(=O)OC)/C=C\N(CC(=O)NCCCn2nnc3c2-c2ccccc2CN(C(=O)CCC(=O)CCCOCCOCCOCCOCCC(=O)CCCCCCC(=O)N[C@H](CCC(=O)C[C@@H](CCCOP(=O)(O)CC(CCC(=O)O)C(=O)O)C(=O)O)C(=O)O)c2ccccc2-3)/C=C\1. The third-order valence-corrected chi connectivity index (χ3v) is 19.5. The van der Waals surface area contributed by atoms with Gasteiger partial charge in [-0.2, -0.15) is 0 Å². The molecule has 0 aliphatic carbocycles. The minimum absolute atomic E-state index is 0.0000531. The molecule has 115 heavy (non-hydrogen) atoms. The third kappa shape index (κ3) is 37.5. The monoisotopic (exact) mass is 1630 g/mol. The third-order valence-electron chi connectivity index (χ3n) is 18.0. The number of carbonyl (C=O) groups is 13.